The maximum absolute atomic E-state index is 13.4. The highest BCUT2D eigenvalue weighted by molar-refractivity contribution is 6.04. The summed E-state index contributed by atoms with van der Waals surface area (Å²) in [7, 11) is 3.33. The third kappa shape index (κ3) is 3.54. The molecule has 31 heavy (non-hydrogen) atoms. The number of methoxy groups -OCH3 is 1. The summed E-state index contributed by atoms with van der Waals surface area (Å²) in [6, 6.07) is 8.78. The van der Waals surface area contributed by atoms with E-state index in [9.17, 15) is 9.59 Å². The van der Waals surface area contributed by atoms with Crippen LogP contribution in [0, 0.1) is 13.8 Å². The first-order valence-electron chi connectivity index (χ1n) is 10.4. The zero-order chi connectivity index (χ0) is 22.3. The number of aromatic nitrogens is 2. The predicted molar refractivity (Wildman–Crippen MR) is 116 cm³/mol. The predicted octanol–water partition coefficient (Wildman–Crippen LogP) is 2.23. The number of imide groups is 1. The fraction of sp³-hybridized carbons (Fsp3) is 0.455. The normalized spacial score (nSPS) is 20.9. The number of aryl methyl sites for hydroxylation is 2. The minimum absolute atomic E-state index is 0.219. The average molecular weight is 425 g/mol. The van der Waals surface area contributed by atoms with Crippen molar-refractivity contribution in [2.75, 3.05) is 20.7 Å². The summed E-state index contributed by atoms with van der Waals surface area (Å²) in [6.07, 6.45) is 0.108. The van der Waals surface area contributed by atoms with Crippen molar-refractivity contribution in [2.24, 2.45) is 4.99 Å². The highest BCUT2D eigenvalue weighted by atomic mass is 16.5. The minimum atomic E-state index is -0.602. The summed E-state index contributed by atoms with van der Waals surface area (Å²) < 4.78 is 7.02. The monoisotopic (exact) mass is 424 g/mol. The second kappa shape index (κ2) is 8.05. The van der Waals surface area contributed by atoms with Gasteiger partial charge in [-0.3, -0.25) is 9.69 Å². The highest BCUT2D eigenvalue weighted by Crippen LogP contribution is 2.30. The summed E-state index contributed by atoms with van der Waals surface area (Å²) in [5.41, 5.74) is 2.79. The van der Waals surface area contributed by atoms with Crippen molar-refractivity contribution < 1.29 is 14.3 Å². The van der Waals surface area contributed by atoms with E-state index in [1.54, 1.807) is 23.7 Å². The van der Waals surface area contributed by atoms with E-state index in [2.05, 4.69) is 5.10 Å². The molecule has 0 N–H and O–H groups in total. The third-order valence-corrected chi connectivity index (χ3v) is 5.73. The van der Waals surface area contributed by atoms with Crippen LogP contribution in [0.25, 0.3) is 0 Å². The molecule has 0 spiro atoms. The summed E-state index contributed by atoms with van der Waals surface area (Å²) in [5, 5.41) is 4.59. The van der Waals surface area contributed by atoms with Crippen LogP contribution >= 0.6 is 0 Å². The van der Waals surface area contributed by atoms with Gasteiger partial charge in [0, 0.05) is 25.8 Å². The Hall–Kier alpha value is -3.36. The van der Waals surface area contributed by atoms with Gasteiger partial charge in [-0.25, -0.2) is 14.5 Å². The molecular weight excluding hydrogens is 396 g/mol. The number of benzene rings is 1. The van der Waals surface area contributed by atoms with Crippen LogP contribution in [0.1, 0.15) is 30.3 Å². The van der Waals surface area contributed by atoms with Gasteiger partial charge in [-0.15, -0.1) is 0 Å². The number of hydrogen-bond acceptors (Lipinski definition) is 6. The lowest BCUT2D eigenvalue weighted by atomic mass is 10.1. The van der Waals surface area contributed by atoms with Gasteiger partial charge in [-0.2, -0.15) is 5.10 Å². The van der Waals surface area contributed by atoms with Crippen LogP contribution in [0.4, 0.5) is 4.79 Å². The van der Waals surface area contributed by atoms with E-state index < -0.39 is 12.2 Å². The van der Waals surface area contributed by atoms with E-state index >= 15 is 0 Å². The number of amides is 3. The van der Waals surface area contributed by atoms with E-state index in [1.165, 1.54) is 4.90 Å². The quantitative estimate of drug-likeness (QED) is 0.735. The number of rotatable bonds is 5. The first kappa shape index (κ1) is 20.9. The number of aliphatic imine (C=N–C) groups is 1. The first-order chi connectivity index (χ1) is 14.8. The van der Waals surface area contributed by atoms with Crippen LogP contribution in [0.15, 0.2) is 35.3 Å². The molecule has 0 aliphatic carbocycles. The van der Waals surface area contributed by atoms with E-state index in [-0.39, 0.29) is 11.9 Å². The zero-order valence-electron chi connectivity index (χ0n) is 18.6. The van der Waals surface area contributed by atoms with Crippen molar-refractivity contribution in [3.63, 3.8) is 0 Å². The Morgan fingerprint density at radius 1 is 1.13 bits per heavy atom. The second-order valence-corrected chi connectivity index (χ2v) is 7.99. The lowest BCUT2D eigenvalue weighted by molar-refractivity contribution is -0.137. The van der Waals surface area contributed by atoms with Gasteiger partial charge in [0.05, 0.1) is 12.8 Å². The molecule has 0 radical (unpaired) electrons. The lowest BCUT2D eigenvalue weighted by Gasteiger charge is -2.41. The molecule has 164 valence electrons. The SMILES string of the molecule is CCCN1C(=O)C2C(N=C(n3nc(C)cc3C)N2Cc2ccc(OC)cc2)N(C)C1=O. The number of carbonyl (C=O) groups excluding carboxylic acids is 2. The summed E-state index contributed by atoms with van der Waals surface area (Å²) in [6.45, 7) is 6.67. The molecular formula is C22H28N6O3. The van der Waals surface area contributed by atoms with Crippen molar-refractivity contribution >= 4 is 17.9 Å². The fourth-order valence-corrected chi connectivity index (χ4v) is 4.20. The van der Waals surface area contributed by atoms with Crippen LogP contribution < -0.4 is 4.74 Å². The molecule has 0 bridgehead atoms. The Bertz CT molecular complexity index is 1030. The number of nitrogens with zero attached hydrogens (tertiary/aromatic N) is 6. The standard InChI is InChI=1S/C22H28N6O3/c1-6-11-26-20(29)18-19(25(4)22(26)30)23-21(28-15(3)12-14(2)24-28)27(18)13-16-7-9-17(31-5)10-8-16/h7-10,12,18-19H,6,11,13H2,1-5H3. The topological polar surface area (TPSA) is 83.3 Å². The number of carbonyl (C=O) groups is 2. The molecule has 1 aromatic carbocycles. The van der Waals surface area contributed by atoms with Gasteiger partial charge in [0.25, 0.3) is 5.91 Å². The maximum Gasteiger partial charge on any atom is 0.328 e. The van der Waals surface area contributed by atoms with Crippen molar-refractivity contribution in [1.82, 2.24) is 24.5 Å². The zero-order valence-corrected chi connectivity index (χ0v) is 18.6. The Morgan fingerprint density at radius 2 is 1.84 bits per heavy atom. The summed E-state index contributed by atoms with van der Waals surface area (Å²) in [4.78, 5) is 35.9. The Balaban J connectivity index is 1.76. The van der Waals surface area contributed by atoms with Gasteiger partial charge >= 0.3 is 6.03 Å². The summed E-state index contributed by atoms with van der Waals surface area (Å²) in [5.74, 6) is 1.12. The number of hydrogen-bond donors (Lipinski definition) is 0. The van der Waals surface area contributed by atoms with Crippen LogP contribution in [0.3, 0.4) is 0 Å². The van der Waals surface area contributed by atoms with E-state index in [0.29, 0.717) is 25.5 Å². The number of fused-ring (bicyclic) bond motifs is 1. The molecule has 9 heteroatoms. The smallest absolute Gasteiger partial charge is 0.328 e. The molecule has 3 heterocycles. The van der Waals surface area contributed by atoms with E-state index in [4.69, 9.17) is 9.73 Å². The molecule has 9 nitrogen and oxygen atoms in total. The third-order valence-electron chi connectivity index (χ3n) is 5.73. The molecule has 1 aromatic heterocycles. The fourth-order valence-electron chi connectivity index (χ4n) is 4.20. The molecule has 1 fully saturated rings. The molecule has 2 unspecified atom stereocenters. The van der Waals surface area contributed by atoms with Gasteiger partial charge in [-0.1, -0.05) is 19.1 Å². The summed E-state index contributed by atoms with van der Waals surface area (Å²) >= 11 is 0. The van der Waals surface area contributed by atoms with Crippen LogP contribution in [0.2, 0.25) is 0 Å². The Kier molecular flexibility index (Phi) is 5.43. The highest BCUT2D eigenvalue weighted by Gasteiger charge is 2.52. The van der Waals surface area contributed by atoms with Crippen LogP contribution in [0.5, 0.6) is 5.75 Å². The van der Waals surface area contributed by atoms with Crippen molar-refractivity contribution in [3.05, 3.63) is 47.3 Å². The molecule has 4 rings (SSSR count). The Labute approximate surface area is 181 Å². The maximum atomic E-state index is 13.4. The second-order valence-electron chi connectivity index (χ2n) is 7.99. The van der Waals surface area contributed by atoms with Crippen LogP contribution in [-0.4, -0.2) is 75.3 Å². The number of likely N-dealkylation sites (N-methyl/N-ethyl adjacent to an activating group) is 1. The number of urea groups is 1. The van der Waals surface area contributed by atoms with Gasteiger partial charge < -0.3 is 14.5 Å². The average Bonchev–Trinajstić information content (AvgIpc) is 3.29. The van der Waals surface area contributed by atoms with E-state index in [1.807, 2.05) is 56.0 Å². The van der Waals surface area contributed by atoms with Crippen molar-refractivity contribution in [1.29, 1.82) is 0 Å². The molecule has 2 aromatic rings. The molecule has 3 amide bonds. The molecule has 2 aliphatic heterocycles. The first-order valence-corrected chi connectivity index (χ1v) is 10.4. The largest absolute Gasteiger partial charge is 0.497 e. The Morgan fingerprint density at radius 3 is 2.42 bits per heavy atom. The van der Waals surface area contributed by atoms with Gasteiger partial charge in [0.2, 0.25) is 5.96 Å². The van der Waals surface area contributed by atoms with Gasteiger partial charge in [-0.05, 0) is 44.0 Å². The van der Waals surface area contributed by atoms with Gasteiger partial charge in [0.15, 0.2) is 12.2 Å². The minimum Gasteiger partial charge on any atom is -0.497 e. The van der Waals surface area contributed by atoms with E-state index in [0.717, 1.165) is 22.7 Å². The molecule has 1 saturated heterocycles. The molecule has 2 aliphatic rings. The number of ether oxygens (including phenoxy) is 1. The van der Waals surface area contributed by atoms with Crippen LogP contribution in [-0.2, 0) is 11.3 Å². The van der Waals surface area contributed by atoms with Crippen molar-refractivity contribution in [2.45, 2.75) is 45.9 Å². The van der Waals surface area contributed by atoms with Crippen molar-refractivity contribution in [3.8, 4) is 5.75 Å². The van der Waals surface area contributed by atoms with Gasteiger partial charge in [0.1, 0.15) is 5.75 Å². The molecule has 0 saturated carbocycles. The lowest BCUT2D eigenvalue weighted by Crippen LogP contribution is -2.65. The molecule has 2 atom stereocenters.